The summed E-state index contributed by atoms with van der Waals surface area (Å²) >= 11 is 1.32. The highest BCUT2D eigenvalue weighted by Gasteiger charge is 2.18. The molecule has 0 saturated heterocycles. The van der Waals surface area contributed by atoms with E-state index in [0.29, 0.717) is 32.8 Å². The number of nitrogens with zero attached hydrogens (tertiary/aromatic N) is 1. The monoisotopic (exact) mass is 328 g/mol. The molecule has 1 aromatic carbocycles. The number of carbonyl (C=O) groups is 1. The van der Waals surface area contributed by atoms with Crippen LogP contribution in [0.25, 0.3) is 10.8 Å². The quantitative estimate of drug-likeness (QED) is 0.776. The van der Waals surface area contributed by atoms with Crippen LogP contribution >= 0.6 is 11.3 Å². The van der Waals surface area contributed by atoms with Gasteiger partial charge in [-0.3, -0.25) is 4.79 Å². The zero-order chi connectivity index (χ0) is 16.4. The van der Waals surface area contributed by atoms with Crippen molar-refractivity contribution in [2.45, 2.75) is 13.8 Å². The molecular weight excluding hydrogens is 312 g/mol. The zero-order valence-electron chi connectivity index (χ0n) is 13.0. The van der Waals surface area contributed by atoms with Crippen LogP contribution in [0, 0.1) is 13.8 Å². The van der Waals surface area contributed by atoms with Crippen LogP contribution in [0.4, 0.5) is 5.69 Å². The van der Waals surface area contributed by atoms with Gasteiger partial charge < -0.3 is 14.5 Å². The summed E-state index contributed by atoms with van der Waals surface area (Å²) in [6, 6.07) is 11.0. The number of nitrogens with one attached hydrogen (secondary N) is 1. The lowest BCUT2D eigenvalue weighted by Crippen LogP contribution is -2.11. The standard InChI is InChI=1S/C17H16N2O3S/c1-10-7-8-14(22-10)17-18-11(2)15(23-17)16(20)19-12-5-4-6-13(9-12)21-3/h4-9H,1-3H3,(H,19,20). The molecule has 1 amide bonds. The number of hydrogen-bond donors (Lipinski definition) is 1. The van der Waals surface area contributed by atoms with Crippen molar-refractivity contribution in [3.63, 3.8) is 0 Å². The Balaban J connectivity index is 1.83. The number of carbonyl (C=O) groups excluding carboxylic acids is 1. The second-order valence-electron chi connectivity index (χ2n) is 5.03. The molecule has 3 aromatic rings. The van der Waals surface area contributed by atoms with Crippen LogP contribution < -0.4 is 10.1 Å². The molecule has 0 fully saturated rings. The Kier molecular flexibility index (Phi) is 4.16. The lowest BCUT2D eigenvalue weighted by Gasteiger charge is -2.06. The Labute approximate surface area is 137 Å². The maximum absolute atomic E-state index is 12.5. The summed E-state index contributed by atoms with van der Waals surface area (Å²) in [6.45, 7) is 3.69. The largest absolute Gasteiger partial charge is 0.497 e. The molecule has 0 atom stereocenters. The minimum Gasteiger partial charge on any atom is -0.497 e. The fraction of sp³-hybridized carbons (Fsp3) is 0.176. The first-order valence-electron chi connectivity index (χ1n) is 7.06. The molecule has 0 aliphatic heterocycles. The van der Waals surface area contributed by atoms with Gasteiger partial charge in [-0.25, -0.2) is 4.98 Å². The summed E-state index contributed by atoms with van der Waals surface area (Å²) in [5.41, 5.74) is 1.36. The number of benzene rings is 1. The molecule has 1 N–H and O–H groups in total. The van der Waals surface area contributed by atoms with E-state index in [1.807, 2.05) is 44.2 Å². The molecule has 0 aliphatic rings. The van der Waals surface area contributed by atoms with E-state index in [-0.39, 0.29) is 5.91 Å². The van der Waals surface area contributed by atoms with Gasteiger partial charge in [-0.15, -0.1) is 11.3 Å². The predicted octanol–water partition coefficient (Wildman–Crippen LogP) is 4.28. The Hall–Kier alpha value is -2.60. The third kappa shape index (κ3) is 3.27. The summed E-state index contributed by atoms with van der Waals surface area (Å²) in [7, 11) is 1.59. The highest BCUT2D eigenvalue weighted by atomic mass is 32.1. The normalized spacial score (nSPS) is 10.6. The first kappa shape index (κ1) is 15.3. The van der Waals surface area contributed by atoms with Crippen LogP contribution in [0.2, 0.25) is 0 Å². The van der Waals surface area contributed by atoms with E-state index in [9.17, 15) is 4.79 Å². The predicted molar refractivity (Wildman–Crippen MR) is 90.2 cm³/mol. The van der Waals surface area contributed by atoms with Crippen LogP contribution in [-0.4, -0.2) is 18.0 Å². The third-order valence-corrected chi connectivity index (χ3v) is 4.45. The highest BCUT2D eigenvalue weighted by molar-refractivity contribution is 7.17. The van der Waals surface area contributed by atoms with Crippen molar-refractivity contribution in [2.75, 3.05) is 12.4 Å². The van der Waals surface area contributed by atoms with Gasteiger partial charge in [0.2, 0.25) is 0 Å². The molecule has 0 saturated carbocycles. The molecule has 5 nitrogen and oxygen atoms in total. The van der Waals surface area contributed by atoms with Crippen LogP contribution in [-0.2, 0) is 0 Å². The van der Waals surface area contributed by atoms with Crippen molar-refractivity contribution in [2.24, 2.45) is 0 Å². The van der Waals surface area contributed by atoms with Crippen molar-refractivity contribution >= 4 is 22.9 Å². The van der Waals surface area contributed by atoms with Crippen LogP contribution in [0.5, 0.6) is 5.75 Å². The molecule has 3 rings (SSSR count). The summed E-state index contributed by atoms with van der Waals surface area (Å²) < 4.78 is 10.7. The van der Waals surface area contributed by atoms with E-state index < -0.39 is 0 Å². The summed E-state index contributed by atoms with van der Waals surface area (Å²) in [4.78, 5) is 17.5. The van der Waals surface area contributed by atoms with E-state index in [1.54, 1.807) is 13.2 Å². The third-order valence-electron chi connectivity index (χ3n) is 3.28. The smallest absolute Gasteiger partial charge is 0.267 e. The molecule has 2 aromatic heterocycles. The van der Waals surface area contributed by atoms with Crippen molar-refractivity contribution in [1.29, 1.82) is 0 Å². The Bertz CT molecular complexity index is 851. The van der Waals surface area contributed by atoms with Crippen molar-refractivity contribution in [3.05, 3.63) is 52.7 Å². The van der Waals surface area contributed by atoms with Gasteiger partial charge in [0.1, 0.15) is 16.4 Å². The van der Waals surface area contributed by atoms with Gasteiger partial charge in [0.05, 0.1) is 12.8 Å². The highest BCUT2D eigenvalue weighted by Crippen LogP contribution is 2.30. The van der Waals surface area contributed by atoms with E-state index >= 15 is 0 Å². The number of methoxy groups -OCH3 is 1. The van der Waals surface area contributed by atoms with E-state index in [1.165, 1.54) is 11.3 Å². The number of anilines is 1. The number of hydrogen-bond acceptors (Lipinski definition) is 5. The van der Waals surface area contributed by atoms with Gasteiger partial charge >= 0.3 is 0 Å². The van der Waals surface area contributed by atoms with Crippen LogP contribution in [0.3, 0.4) is 0 Å². The first-order valence-corrected chi connectivity index (χ1v) is 7.88. The van der Waals surface area contributed by atoms with Gasteiger partial charge in [0.25, 0.3) is 5.91 Å². The number of furan rings is 1. The molecule has 23 heavy (non-hydrogen) atoms. The van der Waals surface area contributed by atoms with Crippen LogP contribution in [0.1, 0.15) is 21.1 Å². The van der Waals surface area contributed by atoms with Gasteiger partial charge in [0, 0.05) is 11.8 Å². The van der Waals surface area contributed by atoms with E-state index in [2.05, 4.69) is 10.3 Å². The minimum atomic E-state index is -0.192. The summed E-state index contributed by atoms with van der Waals surface area (Å²) in [6.07, 6.45) is 0. The number of amides is 1. The summed E-state index contributed by atoms with van der Waals surface area (Å²) in [5, 5.41) is 3.56. The summed E-state index contributed by atoms with van der Waals surface area (Å²) in [5.74, 6) is 1.99. The number of ether oxygens (including phenoxy) is 1. The first-order chi connectivity index (χ1) is 11.1. The van der Waals surface area contributed by atoms with Gasteiger partial charge in [-0.1, -0.05) is 6.07 Å². The van der Waals surface area contributed by atoms with Crippen molar-refractivity contribution < 1.29 is 13.9 Å². The van der Waals surface area contributed by atoms with Gasteiger partial charge in [-0.05, 0) is 38.1 Å². The number of aromatic nitrogens is 1. The maximum atomic E-state index is 12.5. The van der Waals surface area contributed by atoms with Crippen molar-refractivity contribution in [1.82, 2.24) is 4.98 Å². The fourth-order valence-corrected chi connectivity index (χ4v) is 3.07. The molecule has 0 bridgehead atoms. The van der Waals surface area contributed by atoms with E-state index in [4.69, 9.17) is 9.15 Å². The van der Waals surface area contributed by atoms with E-state index in [0.717, 1.165) is 5.76 Å². The second-order valence-corrected chi connectivity index (χ2v) is 6.03. The van der Waals surface area contributed by atoms with Crippen LogP contribution in [0.15, 0.2) is 40.8 Å². The SMILES string of the molecule is COc1cccc(NC(=O)c2sc(-c3ccc(C)o3)nc2C)c1. The second kappa shape index (κ2) is 6.26. The van der Waals surface area contributed by atoms with Gasteiger partial charge in [0.15, 0.2) is 10.8 Å². The Morgan fingerprint density at radius 1 is 1.26 bits per heavy atom. The zero-order valence-corrected chi connectivity index (χ0v) is 13.9. The number of thiazole rings is 1. The Morgan fingerprint density at radius 3 is 2.78 bits per heavy atom. The Morgan fingerprint density at radius 2 is 2.09 bits per heavy atom. The minimum absolute atomic E-state index is 0.192. The molecule has 0 radical (unpaired) electrons. The number of rotatable bonds is 4. The molecule has 0 spiro atoms. The topological polar surface area (TPSA) is 64.4 Å². The van der Waals surface area contributed by atoms with Crippen molar-refractivity contribution in [3.8, 4) is 16.5 Å². The molecule has 6 heteroatoms. The average Bonchev–Trinajstić information content (AvgIpc) is 3.13. The molecule has 0 aliphatic carbocycles. The molecule has 0 unspecified atom stereocenters. The number of aryl methyl sites for hydroxylation is 2. The lowest BCUT2D eigenvalue weighted by atomic mass is 10.3. The maximum Gasteiger partial charge on any atom is 0.267 e. The molecular formula is C17H16N2O3S. The molecule has 2 heterocycles. The lowest BCUT2D eigenvalue weighted by molar-refractivity contribution is 0.103. The van der Waals surface area contributed by atoms with Gasteiger partial charge in [-0.2, -0.15) is 0 Å². The molecule has 118 valence electrons. The fourth-order valence-electron chi connectivity index (χ4n) is 2.15. The average molecular weight is 328 g/mol.